The molecule has 0 spiro atoms. The monoisotopic (exact) mass is 759 g/mol. The SMILES string of the molecule is CCCCCCCCCCCCCCCC(=O)OC[C@H](CO[P+](=O)CCNC(=O)CCC(=O)O)OC(=O)CCCCCCCCCCCCCCC. The Morgan fingerprint density at radius 1 is 0.538 bits per heavy atom. The number of aliphatic carboxylic acids is 1. The van der Waals surface area contributed by atoms with E-state index < -0.39 is 32.0 Å². The molecule has 0 saturated carbocycles. The normalized spacial score (nSPS) is 12.0. The van der Waals surface area contributed by atoms with Crippen LogP contribution >= 0.6 is 8.03 Å². The number of ether oxygens (including phenoxy) is 2. The van der Waals surface area contributed by atoms with Gasteiger partial charge in [-0.15, -0.1) is 4.52 Å². The van der Waals surface area contributed by atoms with Gasteiger partial charge in [-0.05, 0) is 17.4 Å². The average molecular weight is 759 g/mol. The Hall–Kier alpha value is -2.06. The molecule has 0 aliphatic carbocycles. The highest BCUT2D eigenvalue weighted by Crippen LogP contribution is 2.22. The third-order valence-corrected chi connectivity index (χ3v) is 10.3. The zero-order chi connectivity index (χ0) is 38.3. The summed E-state index contributed by atoms with van der Waals surface area (Å²) in [5, 5.41) is 11.2. The summed E-state index contributed by atoms with van der Waals surface area (Å²) >= 11 is 0. The predicted molar refractivity (Wildman–Crippen MR) is 210 cm³/mol. The highest BCUT2D eigenvalue weighted by molar-refractivity contribution is 7.39. The van der Waals surface area contributed by atoms with Crippen LogP contribution in [-0.2, 0) is 37.7 Å². The van der Waals surface area contributed by atoms with E-state index in [2.05, 4.69) is 19.2 Å². The van der Waals surface area contributed by atoms with E-state index in [1.807, 2.05) is 0 Å². The zero-order valence-electron chi connectivity index (χ0n) is 33.3. The average Bonchev–Trinajstić information content (AvgIpc) is 3.12. The second-order valence-electron chi connectivity index (χ2n) is 14.4. The van der Waals surface area contributed by atoms with Gasteiger partial charge in [0, 0.05) is 19.3 Å². The van der Waals surface area contributed by atoms with Crippen LogP contribution in [0.15, 0.2) is 0 Å². The van der Waals surface area contributed by atoms with Gasteiger partial charge in [0.25, 0.3) is 0 Å². The van der Waals surface area contributed by atoms with Gasteiger partial charge in [0.05, 0.1) is 13.0 Å². The van der Waals surface area contributed by atoms with Crippen LogP contribution in [0.4, 0.5) is 0 Å². The molecule has 0 aromatic heterocycles. The molecular formula is C41H77NO9P+. The summed E-state index contributed by atoms with van der Waals surface area (Å²) < 4.78 is 28.8. The number of carbonyl (C=O) groups excluding carboxylic acids is 3. The molecule has 0 bridgehead atoms. The van der Waals surface area contributed by atoms with E-state index in [1.165, 1.54) is 128 Å². The minimum absolute atomic E-state index is 0.0204. The Morgan fingerprint density at radius 3 is 1.37 bits per heavy atom. The smallest absolute Gasteiger partial charge is 0.481 e. The summed E-state index contributed by atoms with van der Waals surface area (Å²) in [5.41, 5.74) is 0. The fourth-order valence-electron chi connectivity index (χ4n) is 6.02. The van der Waals surface area contributed by atoms with Gasteiger partial charge in [-0.1, -0.05) is 168 Å². The fraction of sp³-hybridized carbons (Fsp3) is 0.902. The second-order valence-corrected chi connectivity index (χ2v) is 15.7. The summed E-state index contributed by atoms with van der Waals surface area (Å²) in [6.07, 6.45) is 30.9. The lowest BCUT2D eigenvalue weighted by molar-refractivity contribution is -0.161. The molecule has 10 nitrogen and oxygen atoms in total. The Balaban J connectivity index is 4.36. The molecule has 2 N–H and O–H groups in total. The highest BCUT2D eigenvalue weighted by atomic mass is 31.1. The first-order valence-electron chi connectivity index (χ1n) is 21.2. The quantitative estimate of drug-likeness (QED) is 0.0354. The van der Waals surface area contributed by atoms with Crippen molar-refractivity contribution in [2.45, 2.75) is 213 Å². The zero-order valence-corrected chi connectivity index (χ0v) is 34.2. The molecular weight excluding hydrogens is 681 g/mol. The van der Waals surface area contributed by atoms with Crippen molar-refractivity contribution in [2.75, 3.05) is 25.9 Å². The predicted octanol–water partition coefficient (Wildman–Crippen LogP) is 11.1. The van der Waals surface area contributed by atoms with Crippen LogP contribution in [0.2, 0.25) is 0 Å². The third-order valence-electron chi connectivity index (χ3n) is 9.28. The lowest BCUT2D eigenvalue weighted by Gasteiger charge is -2.16. The molecule has 0 radical (unpaired) electrons. The van der Waals surface area contributed by atoms with Crippen LogP contribution in [0.5, 0.6) is 0 Å². The molecule has 0 rings (SSSR count). The standard InChI is InChI=1S/C41H76NO9P/c1-3-5-7-9-11-13-15-17-19-21-23-25-27-29-40(46)49-35-37(36-50-52(48)34-33-42-38(43)31-32-39(44)45)51-41(47)30-28-26-24-22-20-18-16-14-12-10-8-6-4-2/h37H,3-36H2,1-2H3,(H-,42,43,44,45)/p+1/t37-/m1/s1. The van der Waals surface area contributed by atoms with Crippen molar-refractivity contribution in [3.05, 3.63) is 0 Å². The van der Waals surface area contributed by atoms with Gasteiger partial charge >= 0.3 is 25.9 Å². The number of hydrogen-bond donors (Lipinski definition) is 2. The Bertz CT molecular complexity index is 901. The van der Waals surface area contributed by atoms with Crippen LogP contribution < -0.4 is 5.32 Å². The van der Waals surface area contributed by atoms with Crippen molar-refractivity contribution >= 4 is 31.8 Å². The second kappa shape index (κ2) is 38.7. The third kappa shape index (κ3) is 37.7. The van der Waals surface area contributed by atoms with Crippen molar-refractivity contribution in [3.63, 3.8) is 0 Å². The molecule has 0 aromatic rings. The molecule has 2 atom stereocenters. The number of carbonyl (C=O) groups is 4. The number of hydrogen-bond acceptors (Lipinski definition) is 8. The molecule has 1 amide bonds. The fourth-order valence-corrected chi connectivity index (χ4v) is 6.78. The Labute approximate surface area is 317 Å². The van der Waals surface area contributed by atoms with Gasteiger partial charge in [-0.25, -0.2) is 0 Å². The van der Waals surface area contributed by atoms with E-state index in [0.29, 0.717) is 6.42 Å². The lowest BCUT2D eigenvalue weighted by atomic mass is 10.0. The summed E-state index contributed by atoms with van der Waals surface area (Å²) in [6.45, 7) is 4.18. The van der Waals surface area contributed by atoms with Crippen molar-refractivity contribution in [3.8, 4) is 0 Å². The maximum absolute atomic E-state index is 12.6. The number of carboxylic acids is 1. The van der Waals surface area contributed by atoms with E-state index in [1.54, 1.807) is 0 Å². The Morgan fingerprint density at radius 2 is 0.942 bits per heavy atom. The number of rotatable bonds is 40. The number of unbranched alkanes of at least 4 members (excludes halogenated alkanes) is 24. The van der Waals surface area contributed by atoms with Gasteiger partial charge in [0.15, 0.2) is 12.3 Å². The molecule has 304 valence electrons. The minimum atomic E-state index is -2.18. The van der Waals surface area contributed by atoms with Crippen LogP contribution in [0.25, 0.3) is 0 Å². The van der Waals surface area contributed by atoms with Crippen LogP contribution in [-0.4, -0.2) is 60.9 Å². The maximum Gasteiger partial charge on any atom is 0.510 e. The van der Waals surface area contributed by atoms with Gasteiger partial charge < -0.3 is 19.9 Å². The molecule has 0 aliphatic heterocycles. The van der Waals surface area contributed by atoms with E-state index in [-0.39, 0.29) is 51.2 Å². The van der Waals surface area contributed by atoms with Crippen LogP contribution in [0, 0.1) is 0 Å². The van der Waals surface area contributed by atoms with Crippen molar-refractivity contribution in [2.24, 2.45) is 0 Å². The maximum atomic E-state index is 12.6. The van der Waals surface area contributed by atoms with Crippen molar-refractivity contribution < 1.29 is 42.8 Å². The van der Waals surface area contributed by atoms with Gasteiger partial charge in [0.1, 0.15) is 13.2 Å². The van der Waals surface area contributed by atoms with Crippen LogP contribution in [0.3, 0.4) is 0 Å². The molecule has 1 unspecified atom stereocenters. The minimum Gasteiger partial charge on any atom is -0.481 e. The largest absolute Gasteiger partial charge is 0.510 e. The number of esters is 2. The molecule has 0 fully saturated rings. The first-order valence-corrected chi connectivity index (χ1v) is 22.6. The summed E-state index contributed by atoms with van der Waals surface area (Å²) in [6, 6.07) is 0. The first-order chi connectivity index (χ1) is 25.3. The number of amides is 1. The van der Waals surface area contributed by atoms with E-state index in [0.717, 1.165) is 38.5 Å². The van der Waals surface area contributed by atoms with Crippen molar-refractivity contribution in [1.29, 1.82) is 0 Å². The molecule has 0 saturated heterocycles. The first kappa shape index (κ1) is 49.9. The summed E-state index contributed by atoms with van der Waals surface area (Å²) in [7, 11) is -2.18. The molecule has 0 heterocycles. The van der Waals surface area contributed by atoms with Gasteiger partial charge in [0.2, 0.25) is 5.91 Å². The summed E-state index contributed by atoms with van der Waals surface area (Å²) in [5.74, 6) is -2.26. The Kier molecular flexibility index (Phi) is 37.1. The molecule has 52 heavy (non-hydrogen) atoms. The molecule has 0 aliphatic rings. The van der Waals surface area contributed by atoms with Gasteiger partial charge in [-0.3, -0.25) is 19.2 Å². The van der Waals surface area contributed by atoms with Gasteiger partial charge in [-0.2, -0.15) is 0 Å². The summed E-state index contributed by atoms with van der Waals surface area (Å²) in [4.78, 5) is 47.4. The lowest BCUT2D eigenvalue weighted by Crippen LogP contribution is -2.29. The van der Waals surface area contributed by atoms with E-state index in [4.69, 9.17) is 19.1 Å². The highest BCUT2D eigenvalue weighted by Gasteiger charge is 2.25. The molecule has 11 heteroatoms. The molecule has 0 aromatic carbocycles. The van der Waals surface area contributed by atoms with E-state index >= 15 is 0 Å². The number of nitrogens with one attached hydrogen (secondary N) is 1. The topological polar surface area (TPSA) is 145 Å². The number of carboxylic acid groups (broad SMARTS) is 1. The van der Waals surface area contributed by atoms with E-state index in [9.17, 15) is 23.7 Å². The van der Waals surface area contributed by atoms with Crippen molar-refractivity contribution in [1.82, 2.24) is 5.32 Å². The van der Waals surface area contributed by atoms with Crippen LogP contribution in [0.1, 0.15) is 206 Å².